The van der Waals surface area contributed by atoms with Crippen LogP contribution in [0.15, 0.2) is 22.7 Å². The van der Waals surface area contributed by atoms with Crippen molar-refractivity contribution < 1.29 is 14.3 Å². The van der Waals surface area contributed by atoms with Gasteiger partial charge in [-0.15, -0.1) is 0 Å². The monoisotopic (exact) mass is 312 g/mol. The Hall–Kier alpha value is -1.56. The van der Waals surface area contributed by atoms with Gasteiger partial charge in [0.25, 0.3) is 0 Å². The topological polar surface area (TPSA) is 58.6 Å². The Morgan fingerprint density at radius 3 is 2.78 bits per heavy atom. The molecule has 0 bridgehead atoms. The summed E-state index contributed by atoms with van der Waals surface area (Å²) in [5.74, 6) is 0.243. The lowest BCUT2D eigenvalue weighted by molar-refractivity contribution is -0.123. The maximum absolute atomic E-state index is 11.8. The smallest absolute Gasteiger partial charge is 0.328 e. The molecule has 5 nitrogen and oxygen atoms in total. The number of hydrogen-bond acceptors (Lipinski definition) is 3. The van der Waals surface area contributed by atoms with E-state index < -0.39 is 6.03 Å². The normalized spacial score (nSPS) is 19.7. The number of benzene rings is 1. The van der Waals surface area contributed by atoms with Gasteiger partial charge in [-0.25, -0.2) is 4.79 Å². The van der Waals surface area contributed by atoms with Gasteiger partial charge < -0.3 is 4.74 Å². The lowest BCUT2D eigenvalue weighted by Gasteiger charge is -2.30. The summed E-state index contributed by atoms with van der Waals surface area (Å²) in [7, 11) is 1.58. The minimum Gasteiger partial charge on any atom is -0.496 e. The van der Waals surface area contributed by atoms with Crippen molar-refractivity contribution in [3.8, 4) is 5.75 Å². The molecule has 1 heterocycles. The molecule has 1 saturated heterocycles. The van der Waals surface area contributed by atoms with Crippen molar-refractivity contribution in [3.05, 3.63) is 22.7 Å². The van der Waals surface area contributed by atoms with Gasteiger partial charge in [0.15, 0.2) is 0 Å². The van der Waals surface area contributed by atoms with Gasteiger partial charge in [0.05, 0.1) is 17.5 Å². The maximum atomic E-state index is 11.8. The molecular formula is C12H13BrN2O3. The Morgan fingerprint density at radius 1 is 1.44 bits per heavy atom. The number of halogens is 1. The highest BCUT2D eigenvalue weighted by atomic mass is 79.9. The first-order valence-electron chi connectivity index (χ1n) is 5.49. The van der Waals surface area contributed by atoms with Crippen LogP contribution in [0.2, 0.25) is 0 Å². The van der Waals surface area contributed by atoms with Gasteiger partial charge in [0.2, 0.25) is 5.91 Å². The molecule has 0 aliphatic carbocycles. The maximum Gasteiger partial charge on any atom is 0.328 e. The molecule has 1 aliphatic rings. The first-order valence-corrected chi connectivity index (χ1v) is 6.28. The summed E-state index contributed by atoms with van der Waals surface area (Å²) in [6.45, 7) is 2.16. The lowest BCUT2D eigenvalue weighted by Crippen LogP contribution is -2.53. The third kappa shape index (κ3) is 2.33. The van der Waals surface area contributed by atoms with Gasteiger partial charge >= 0.3 is 6.03 Å². The predicted octanol–water partition coefficient (Wildman–Crippen LogP) is 2.15. The number of carbonyl (C=O) groups is 2. The largest absolute Gasteiger partial charge is 0.496 e. The van der Waals surface area contributed by atoms with Gasteiger partial charge in [-0.05, 0) is 34.1 Å². The third-order valence-corrected chi connectivity index (χ3v) is 3.45. The van der Waals surface area contributed by atoms with Crippen molar-refractivity contribution in [2.45, 2.75) is 6.92 Å². The third-order valence-electron chi connectivity index (χ3n) is 2.83. The Balaban J connectivity index is 2.28. The van der Waals surface area contributed by atoms with Crippen LogP contribution in [0.3, 0.4) is 0 Å². The number of nitrogens with zero attached hydrogens (tertiary/aromatic N) is 1. The molecule has 0 spiro atoms. The molecule has 0 radical (unpaired) electrons. The number of rotatable bonds is 2. The first kappa shape index (κ1) is 12.9. The standard InChI is InChI=1S/C12H13BrN2O3/c1-7-6-15(12(17)14-11(7)16)8-3-4-10(18-2)9(13)5-8/h3-5,7H,6H2,1-2H3,(H,14,16,17). The van der Waals surface area contributed by atoms with E-state index in [1.807, 2.05) is 0 Å². The number of imide groups is 1. The van der Waals surface area contributed by atoms with E-state index in [0.717, 1.165) is 10.2 Å². The molecule has 1 aromatic rings. The van der Waals surface area contributed by atoms with Crippen molar-refractivity contribution >= 4 is 33.6 Å². The number of urea groups is 1. The van der Waals surface area contributed by atoms with E-state index in [0.29, 0.717) is 12.3 Å². The van der Waals surface area contributed by atoms with Gasteiger partial charge in [0.1, 0.15) is 5.75 Å². The summed E-state index contributed by atoms with van der Waals surface area (Å²) < 4.78 is 5.90. The Kier molecular flexibility index (Phi) is 3.56. The van der Waals surface area contributed by atoms with E-state index in [-0.39, 0.29) is 11.8 Å². The van der Waals surface area contributed by atoms with Crippen LogP contribution in [0.5, 0.6) is 5.75 Å². The second kappa shape index (κ2) is 4.97. The molecule has 3 amide bonds. The summed E-state index contributed by atoms with van der Waals surface area (Å²) in [6, 6.07) is 4.95. The number of anilines is 1. The highest BCUT2D eigenvalue weighted by Crippen LogP contribution is 2.30. The van der Waals surface area contributed by atoms with Crippen LogP contribution in [-0.4, -0.2) is 25.6 Å². The molecule has 1 aromatic carbocycles. The van der Waals surface area contributed by atoms with Gasteiger partial charge in [0, 0.05) is 12.2 Å². The summed E-state index contributed by atoms with van der Waals surface area (Å²) in [5.41, 5.74) is 0.722. The summed E-state index contributed by atoms with van der Waals surface area (Å²) in [5, 5.41) is 2.33. The number of ether oxygens (including phenoxy) is 1. The van der Waals surface area contributed by atoms with Crippen molar-refractivity contribution in [1.82, 2.24) is 5.32 Å². The summed E-state index contributed by atoms with van der Waals surface area (Å²) >= 11 is 3.37. The highest BCUT2D eigenvalue weighted by Gasteiger charge is 2.30. The van der Waals surface area contributed by atoms with Crippen molar-refractivity contribution in [1.29, 1.82) is 0 Å². The SMILES string of the molecule is COc1ccc(N2CC(C)C(=O)NC2=O)cc1Br. The molecule has 0 aromatic heterocycles. The molecule has 96 valence electrons. The zero-order chi connectivity index (χ0) is 13.3. The average Bonchev–Trinajstić information content (AvgIpc) is 2.33. The Labute approximate surface area is 113 Å². The predicted molar refractivity (Wildman–Crippen MR) is 70.7 cm³/mol. The Morgan fingerprint density at radius 2 is 2.17 bits per heavy atom. The van der Waals surface area contributed by atoms with Crippen LogP contribution < -0.4 is 15.0 Å². The van der Waals surface area contributed by atoms with Crippen LogP contribution in [0.25, 0.3) is 0 Å². The molecule has 1 atom stereocenters. The number of methoxy groups -OCH3 is 1. The van der Waals surface area contributed by atoms with Crippen LogP contribution in [0.4, 0.5) is 10.5 Å². The van der Waals surface area contributed by atoms with E-state index in [2.05, 4.69) is 21.2 Å². The zero-order valence-electron chi connectivity index (χ0n) is 10.1. The molecule has 2 rings (SSSR count). The molecular weight excluding hydrogens is 300 g/mol. The molecule has 0 saturated carbocycles. The van der Waals surface area contributed by atoms with E-state index in [1.165, 1.54) is 4.90 Å². The van der Waals surface area contributed by atoms with Gasteiger partial charge in [-0.3, -0.25) is 15.0 Å². The minimum absolute atomic E-state index is 0.219. The fourth-order valence-corrected chi connectivity index (χ4v) is 2.31. The number of carbonyl (C=O) groups excluding carboxylic acids is 2. The Bertz CT molecular complexity index is 504. The van der Waals surface area contributed by atoms with Crippen LogP contribution >= 0.6 is 15.9 Å². The van der Waals surface area contributed by atoms with Crippen LogP contribution in [-0.2, 0) is 4.79 Å². The van der Waals surface area contributed by atoms with Crippen molar-refractivity contribution in [2.24, 2.45) is 5.92 Å². The average molecular weight is 313 g/mol. The van der Waals surface area contributed by atoms with Gasteiger partial charge in [-0.2, -0.15) is 0 Å². The fourth-order valence-electron chi connectivity index (χ4n) is 1.78. The summed E-state index contributed by atoms with van der Waals surface area (Å²) in [6.07, 6.45) is 0. The van der Waals surface area contributed by atoms with Crippen molar-refractivity contribution in [3.63, 3.8) is 0 Å². The number of nitrogens with one attached hydrogen (secondary N) is 1. The summed E-state index contributed by atoms with van der Waals surface area (Å²) in [4.78, 5) is 24.7. The minimum atomic E-state index is -0.393. The highest BCUT2D eigenvalue weighted by molar-refractivity contribution is 9.10. The van der Waals surface area contributed by atoms with Crippen LogP contribution in [0, 0.1) is 5.92 Å². The first-order chi connectivity index (χ1) is 8.52. The fraction of sp³-hybridized carbons (Fsp3) is 0.333. The molecule has 6 heteroatoms. The van der Waals surface area contributed by atoms with Gasteiger partial charge in [-0.1, -0.05) is 6.92 Å². The van der Waals surface area contributed by atoms with E-state index in [9.17, 15) is 9.59 Å². The molecule has 1 aliphatic heterocycles. The van der Waals surface area contributed by atoms with E-state index in [4.69, 9.17) is 4.74 Å². The van der Waals surface area contributed by atoms with E-state index in [1.54, 1.807) is 32.2 Å². The molecule has 1 fully saturated rings. The lowest BCUT2D eigenvalue weighted by atomic mass is 10.1. The number of amides is 3. The second-order valence-electron chi connectivity index (χ2n) is 4.12. The quantitative estimate of drug-likeness (QED) is 0.910. The second-order valence-corrected chi connectivity index (χ2v) is 4.98. The molecule has 1 unspecified atom stereocenters. The van der Waals surface area contributed by atoms with Crippen LogP contribution in [0.1, 0.15) is 6.92 Å². The molecule has 1 N–H and O–H groups in total. The van der Waals surface area contributed by atoms with E-state index >= 15 is 0 Å². The zero-order valence-corrected chi connectivity index (χ0v) is 11.7. The van der Waals surface area contributed by atoms with Crippen molar-refractivity contribution in [2.75, 3.05) is 18.6 Å². The molecule has 18 heavy (non-hydrogen) atoms. The number of hydrogen-bond donors (Lipinski definition) is 1.